The predicted octanol–water partition coefficient (Wildman–Crippen LogP) is 2.45. The molecule has 0 atom stereocenters. The van der Waals surface area contributed by atoms with Crippen LogP contribution in [-0.2, 0) is 0 Å². The van der Waals surface area contributed by atoms with Crippen molar-refractivity contribution in [2.45, 2.75) is 25.5 Å². The van der Waals surface area contributed by atoms with Gasteiger partial charge >= 0.3 is 6.61 Å². The van der Waals surface area contributed by atoms with Crippen molar-refractivity contribution in [1.29, 1.82) is 0 Å². The van der Waals surface area contributed by atoms with Gasteiger partial charge in [0.2, 0.25) is 0 Å². The predicted molar refractivity (Wildman–Crippen MR) is 62.6 cm³/mol. The standard InChI is InChI=1S/C12H16F2N2O/c13-12(14)17-11-3-1-9(2-4-11)16-10-5-7-15-8-6-10/h1-4,10,12,15-16H,5-8H2. The number of hydrogen-bond donors (Lipinski definition) is 2. The fourth-order valence-electron chi connectivity index (χ4n) is 1.93. The zero-order valence-electron chi connectivity index (χ0n) is 9.46. The smallest absolute Gasteiger partial charge is 0.387 e. The Morgan fingerprint density at radius 1 is 1.18 bits per heavy atom. The number of halogens is 2. The molecule has 0 radical (unpaired) electrons. The van der Waals surface area contributed by atoms with E-state index in [9.17, 15) is 8.78 Å². The van der Waals surface area contributed by atoms with Gasteiger partial charge in [0, 0.05) is 11.7 Å². The Labute approximate surface area is 99.2 Å². The van der Waals surface area contributed by atoms with Gasteiger partial charge in [-0.3, -0.25) is 0 Å². The van der Waals surface area contributed by atoms with Crippen molar-refractivity contribution in [2.24, 2.45) is 0 Å². The van der Waals surface area contributed by atoms with Gasteiger partial charge in [-0.1, -0.05) is 0 Å². The van der Waals surface area contributed by atoms with E-state index in [0.717, 1.165) is 31.6 Å². The van der Waals surface area contributed by atoms with Crippen LogP contribution in [0.2, 0.25) is 0 Å². The fraction of sp³-hybridized carbons (Fsp3) is 0.500. The molecule has 0 spiro atoms. The number of alkyl halides is 2. The lowest BCUT2D eigenvalue weighted by molar-refractivity contribution is -0.0498. The average molecular weight is 242 g/mol. The second-order valence-electron chi connectivity index (χ2n) is 4.07. The number of nitrogens with one attached hydrogen (secondary N) is 2. The third-order valence-corrected chi connectivity index (χ3v) is 2.79. The minimum absolute atomic E-state index is 0.191. The van der Waals surface area contributed by atoms with Gasteiger partial charge in [0.05, 0.1) is 0 Å². The zero-order valence-corrected chi connectivity index (χ0v) is 9.46. The van der Waals surface area contributed by atoms with Crippen LogP contribution in [0.5, 0.6) is 5.75 Å². The summed E-state index contributed by atoms with van der Waals surface area (Å²) in [7, 11) is 0. The summed E-state index contributed by atoms with van der Waals surface area (Å²) in [6, 6.07) is 7.09. The van der Waals surface area contributed by atoms with Crippen molar-refractivity contribution in [3.05, 3.63) is 24.3 Å². The first kappa shape index (κ1) is 12.1. The zero-order chi connectivity index (χ0) is 12.1. The first-order valence-corrected chi connectivity index (χ1v) is 5.76. The van der Waals surface area contributed by atoms with Gasteiger partial charge in [0.15, 0.2) is 0 Å². The summed E-state index contributed by atoms with van der Waals surface area (Å²) in [4.78, 5) is 0. The molecule has 2 N–H and O–H groups in total. The normalized spacial score (nSPS) is 17.1. The van der Waals surface area contributed by atoms with Crippen LogP contribution in [0.3, 0.4) is 0 Å². The van der Waals surface area contributed by atoms with Crippen molar-refractivity contribution in [3.63, 3.8) is 0 Å². The molecule has 0 aromatic heterocycles. The average Bonchev–Trinajstić information content (AvgIpc) is 2.32. The quantitative estimate of drug-likeness (QED) is 0.850. The van der Waals surface area contributed by atoms with E-state index < -0.39 is 6.61 Å². The first-order valence-electron chi connectivity index (χ1n) is 5.76. The van der Waals surface area contributed by atoms with E-state index in [1.165, 1.54) is 0 Å². The molecule has 17 heavy (non-hydrogen) atoms. The Balaban J connectivity index is 1.88. The highest BCUT2D eigenvalue weighted by molar-refractivity contribution is 5.47. The monoisotopic (exact) mass is 242 g/mol. The molecule has 1 fully saturated rings. The first-order chi connectivity index (χ1) is 8.24. The van der Waals surface area contributed by atoms with Crippen molar-refractivity contribution in [3.8, 4) is 5.75 Å². The molecule has 5 heteroatoms. The molecule has 0 saturated carbocycles. The fourth-order valence-corrected chi connectivity index (χ4v) is 1.93. The van der Waals surface area contributed by atoms with Gasteiger partial charge in [-0.2, -0.15) is 8.78 Å². The minimum atomic E-state index is -2.77. The molecular formula is C12H16F2N2O. The van der Waals surface area contributed by atoms with Crippen molar-refractivity contribution >= 4 is 5.69 Å². The number of benzene rings is 1. The van der Waals surface area contributed by atoms with Gasteiger partial charge in [-0.05, 0) is 50.2 Å². The Kier molecular flexibility index (Phi) is 4.14. The second-order valence-corrected chi connectivity index (χ2v) is 4.07. The summed E-state index contributed by atoms with van der Waals surface area (Å²) in [5, 5.41) is 6.67. The van der Waals surface area contributed by atoms with E-state index >= 15 is 0 Å². The molecule has 1 aromatic rings. The molecule has 1 heterocycles. The van der Waals surface area contributed by atoms with Crippen LogP contribution in [0.4, 0.5) is 14.5 Å². The summed E-state index contributed by atoms with van der Waals surface area (Å²) >= 11 is 0. The van der Waals surface area contributed by atoms with Crippen LogP contribution in [-0.4, -0.2) is 25.7 Å². The molecule has 1 aromatic carbocycles. The van der Waals surface area contributed by atoms with E-state index in [0.29, 0.717) is 6.04 Å². The molecule has 2 rings (SSSR count). The lowest BCUT2D eigenvalue weighted by Gasteiger charge is -2.24. The number of anilines is 1. The van der Waals surface area contributed by atoms with Gasteiger partial charge in [0.25, 0.3) is 0 Å². The Hall–Kier alpha value is -1.36. The van der Waals surface area contributed by atoms with Crippen LogP contribution in [0.25, 0.3) is 0 Å². The number of ether oxygens (including phenoxy) is 1. The third kappa shape index (κ3) is 3.85. The van der Waals surface area contributed by atoms with Crippen LogP contribution in [0, 0.1) is 0 Å². The minimum Gasteiger partial charge on any atom is -0.435 e. The number of piperidine rings is 1. The molecule has 1 aliphatic rings. The molecule has 1 aliphatic heterocycles. The van der Waals surface area contributed by atoms with E-state index in [1.54, 1.807) is 24.3 Å². The Morgan fingerprint density at radius 2 is 1.82 bits per heavy atom. The Bertz CT molecular complexity index is 337. The topological polar surface area (TPSA) is 33.3 Å². The highest BCUT2D eigenvalue weighted by atomic mass is 19.3. The summed E-state index contributed by atoms with van der Waals surface area (Å²) < 4.78 is 28.2. The molecular weight excluding hydrogens is 226 g/mol. The molecule has 0 bridgehead atoms. The molecule has 0 unspecified atom stereocenters. The van der Waals surface area contributed by atoms with Crippen molar-refractivity contribution in [1.82, 2.24) is 5.32 Å². The molecule has 0 aliphatic carbocycles. The maximum atomic E-state index is 11.9. The van der Waals surface area contributed by atoms with Gasteiger partial charge in [0.1, 0.15) is 5.75 Å². The number of rotatable bonds is 4. The van der Waals surface area contributed by atoms with Crippen molar-refractivity contribution < 1.29 is 13.5 Å². The second kappa shape index (κ2) is 5.82. The largest absolute Gasteiger partial charge is 0.435 e. The molecule has 94 valence electrons. The lowest BCUT2D eigenvalue weighted by Crippen LogP contribution is -2.35. The SMILES string of the molecule is FC(F)Oc1ccc(NC2CCNCC2)cc1. The van der Waals surface area contributed by atoms with Gasteiger partial charge < -0.3 is 15.4 Å². The molecule has 0 amide bonds. The van der Waals surface area contributed by atoms with Crippen LogP contribution in [0.1, 0.15) is 12.8 Å². The summed E-state index contributed by atoms with van der Waals surface area (Å²) in [6.45, 7) is -0.729. The summed E-state index contributed by atoms with van der Waals surface area (Å²) in [5.74, 6) is 0.191. The van der Waals surface area contributed by atoms with Crippen LogP contribution < -0.4 is 15.4 Å². The van der Waals surface area contributed by atoms with Crippen molar-refractivity contribution in [2.75, 3.05) is 18.4 Å². The maximum Gasteiger partial charge on any atom is 0.387 e. The highest BCUT2D eigenvalue weighted by Gasteiger charge is 2.12. The highest BCUT2D eigenvalue weighted by Crippen LogP contribution is 2.19. The van der Waals surface area contributed by atoms with E-state index in [1.807, 2.05) is 0 Å². The van der Waals surface area contributed by atoms with E-state index in [2.05, 4.69) is 15.4 Å². The van der Waals surface area contributed by atoms with Crippen LogP contribution in [0.15, 0.2) is 24.3 Å². The van der Waals surface area contributed by atoms with Gasteiger partial charge in [-0.25, -0.2) is 0 Å². The van der Waals surface area contributed by atoms with Crippen LogP contribution >= 0.6 is 0 Å². The number of hydrogen-bond acceptors (Lipinski definition) is 3. The molecule has 3 nitrogen and oxygen atoms in total. The van der Waals surface area contributed by atoms with Gasteiger partial charge in [-0.15, -0.1) is 0 Å². The van der Waals surface area contributed by atoms with E-state index in [4.69, 9.17) is 0 Å². The maximum absolute atomic E-state index is 11.9. The summed E-state index contributed by atoms with van der Waals surface area (Å²) in [5.41, 5.74) is 0.943. The summed E-state index contributed by atoms with van der Waals surface area (Å²) in [6.07, 6.45) is 2.16. The third-order valence-electron chi connectivity index (χ3n) is 2.79. The Morgan fingerprint density at radius 3 is 2.41 bits per heavy atom. The lowest BCUT2D eigenvalue weighted by atomic mass is 10.1. The van der Waals surface area contributed by atoms with E-state index in [-0.39, 0.29) is 5.75 Å². The molecule has 1 saturated heterocycles.